The predicted octanol–water partition coefficient (Wildman–Crippen LogP) is 0.414. The number of likely N-dealkylation sites (N-methyl/N-ethyl adjacent to an activating group) is 1. The second-order valence-corrected chi connectivity index (χ2v) is 6.35. The zero-order valence-electron chi connectivity index (χ0n) is 13.1. The Morgan fingerprint density at radius 1 is 1.27 bits per heavy atom. The summed E-state index contributed by atoms with van der Waals surface area (Å²) in [7, 11) is 4.09. The summed E-state index contributed by atoms with van der Waals surface area (Å²) in [6, 6.07) is 2.78. The van der Waals surface area contributed by atoms with Crippen LogP contribution in [0.1, 0.15) is 23.4 Å². The van der Waals surface area contributed by atoms with E-state index >= 15 is 0 Å². The summed E-state index contributed by atoms with van der Waals surface area (Å²) >= 11 is 0. The third-order valence-corrected chi connectivity index (χ3v) is 4.84. The van der Waals surface area contributed by atoms with Crippen molar-refractivity contribution in [3.8, 4) is 0 Å². The van der Waals surface area contributed by atoms with Crippen LogP contribution in [-0.4, -0.2) is 56.3 Å². The number of rotatable bonds is 4. The lowest BCUT2D eigenvalue weighted by Gasteiger charge is -2.44. The van der Waals surface area contributed by atoms with Crippen molar-refractivity contribution in [3.05, 3.63) is 29.2 Å². The van der Waals surface area contributed by atoms with Crippen molar-refractivity contribution in [1.29, 1.82) is 0 Å². The Kier molecular flexibility index (Phi) is 3.29. The predicted molar refractivity (Wildman–Crippen MR) is 82.5 cm³/mol. The van der Waals surface area contributed by atoms with Crippen LogP contribution in [0.2, 0.25) is 0 Å². The number of hydrogen-bond acceptors (Lipinski definition) is 6. The van der Waals surface area contributed by atoms with Gasteiger partial charge < -0.3 is 4.90 Å². The largest absolute Gasteiger partial charge is 0.352 e. The molecular formula is C15H21N7. The quantitative estimate of drug-likeness (QED) is 0.815. The minimum atomic E-state index is 0.546. The highest BCUT2D eigenvalue weighted by Crippen LogP contribution is 2.26. The first-order valence-electron chi connectivity index (χ1n) is 7.85. The summed E-state index contributed by atoms with van der Waals surface area (Å²) in [6.07, 6.45) is 5.30. The molecule has 1 saturated heterocycles. The summed E-state index contributed by atoms with van der Waals surface area (Å²) in [5.41, 5.74) is 3.72. The van der Waals surface area contributed by atoms with Gasteiger partial charge in [0.15, 0.2) is 5.82 Å². The van der Waals surface area contributed by atoms with Crippen molar-refractivity contribution in [2.24, 2.45) is 7.05 Å². The topological polar surface area (TPSA) is 63.0 Å². The van der Waals surface area contributed by atoms with E-state index in [-0.39, 0.29) is 0 Å². The molecular weight excluding hydrogens is 278 g/mol. The Bertz CT molecular complexity index is 674. The third-order valence-electron chi connectivity index (χ3n) is 4.84. The van der Waals surface area contributed by atoms with E-state index < -0.39 is 0 Å². The van der Waals surface area contributed by atoms with E-state index in [4.69, 9.17) is 0 Å². The van der Waals surface area contributed by atoms with Crippen LogP contribution in [-0.2, 0) is 26.4 Å². The van der Waals surface area contributed by atoms with Crippen LogP contribution < -0.4 is 4.90 Å². The molecule has 2 aromatic heterocycles. The van der Waals surface area contributed by atoms with Crippen LogP contribution >= 0.6 is 0 Å². The van der Waals surface area contributed by atoms with Crippen LogP contribution in [0.25, 0.3) is 0 Å². The van der Waals surface area contributed by atoms with E-state index in [2.05, 4.69) is 43.4 Å². The van der Waals surface area contributed by atoms with Gasteiger partial charge in [-0.1, -0.05) is 5.21 Å². The van der Waals surface area contributed by atoms with Gasteiger partial charge in [-0.05, 0) is 37.9 Å². The van der Waals surface area contributed by atoms with Gasteiger partial charge in [0.05, 0.1) is 17.6 Å². The molecule has 0 spiro atoms. The lowest BCUT2D eigenvalue weighted by molar-refractivity contribution is 0.192. The standard InChI is InChI=1S/C15H21N7/c1-20(8-12-7-16-19-21(12)2)13-9-22(10-13)15-6-11-4-3-5-14(11)17-18-15/h6-7,13H,3-5,8-10H2,1-2H3. The molecule has 0 radical (unpaired) electrons. The molecule has 0 amide bonds. The molecule has 0 saturated carbocycles. The van der Waals surface area contributed by atoms with Gasteiger partial charge in [0.25, 0.3) is 0 Å². The van der Waals surface area contributed by atoms with Gasteiger partial charge in [-0.3, -0.25) is 9.58 Å². The SMILES string of the molecule is CN(Cc1cnnn1C)C1CN(c2cc3c(nn2)CCC3)C1. The molecule has 1 aliphatic carbocycles. The summed E-state index contributed by atoms with van der Waals surface area (Å²) < 4.78 is 1.83. The molecule has 3 heterocycles. The first kappa shape index (κ1) is 13.6. The molecule has 116 valence electrons. The van der Waals surface area contributed by atoms with Crippen molar-refractivity contribution in [3.63, 3.8) is 0 Å². The molecule has 7 nitrogen and oxygen atoms in total. The maximum atomic E-state index is 4.39. The fraction of sp³-hybridized carbons (Fsp3) is 0.600. The average Bonchev–Trinajstić information content (AvgIpc) is 3.06. The lowest BCUT2D eigenvalue weighted by atomic mass is 10.1. The zero-order valence-corrected chi connectivity index (χ0v) is 13.1. The van der Waals surface area contributed by atoms with Gasteiger partial charge in [-0.15, -0.1) is 10.2 Å². The summed E-state index contributed by atoms with van der Waals surface area (Å²) in [4.78, 5) is 4.67. The smallest absolute Gasteiger partial charge is 0.151 e. The molecule has 2 aromatic rings. The lowest BCUT2D eigenvalue weighted by Crippen LogP contribution is -2.58. The number of aryl methyl sites for hydroxylation is 3. The maximum Gasteiger partial charge on any atom is 0.151 e. The Morgan fingerprint density at radius 3 is 2.91 bits per heavy atom. The van der Waals surface area contributed by atoms with Crippen LogP contribution in [0.3, 0.4) is 0 Å². The molecule has 0 unspecified atom stereocenters. The van der Waals surface area contributed by atoms with Crippen LogP contribution in [0.4, 0.5) is 5.82 Å². The van der Waals surface area contributed by atoms with Crippen molar-refractivity contribution in [1.82, 2.24) is 30.1 Å². The molecule has 1 fully saturated rings. The fourth-order valence-electron chi connectivity index (χ4n) is 3.23. The second-order valence-electron chi connectivity index (χ2n) is 6.35. The van der Waals surface area contributed by atoms with Crippen LogP contribution in [0.5, 0.6) is 0 Å². The van der Waals surface area contributed by atoms with Gasteiger partial charge >= 0.3 is 0 Å². The molecule has 0 bridgehead atoms. The highest BCUT2D eigenvalue weighted by Gasteiger charge is 2.32. The Balaban J connectivity index is 1.36. The van der Waals surface area contributed by atoms with Gasteiger partial charge in [0.2, 0.25) is 0 Å². The van der Waals surface area contributed by atoms with Gasteiger partial charge in [-0.2, -0.15) is 5.10 Å². The van der Waals surface area contributed by atoms with Gasteiger partial charge in [0, 0.05) is 32.7 Å². The van der Waals surface area contributed by atoms with Gasteiger partial charge in [0.1, 0.15) is 0 Å². The number of hydrogen-bond donors (Lipinski definition) is 0. The van der Waals surface area contributed by atoms with E-state index in [1.54, 1.807) is 0 Å². The van der Waals surface area contributed by atoms with Crippen molar-refractivity contribution < 1.29 is 0 Å². The number of aromatic nitrogens is 5. The Hall–Kier alpha value is -2.02. The van der Waals surface area contributed by atoms with Crippen LogP contribution in [0.15, 0.2) is 12.3 Å². The zero-order chi connectivity index (χ0) is 15.1. The first-order valence-corrected chi connectivity index (χ1v) is 7.85. The summed E-state index contributed by atoms with van der Waals surface area (Å²) in [6.45, 7) is 2.89. The molecule has 1 aliphatic heterocycles. The average molecular weight is 299 g/mol. The third kappa shape index (κ3) is 2.35. The minimum absolute atomic E-state index is 0.546. The fourth-order valence-corrected chi connectivity index (χ4v) is 3.23. The summed E-state index contributed by atoms with van der Waals surface area (Å²) in [5, 5.41) is 16.7. The van der Waals surface area contributed by atoms with E-state index in [0.717, 1.165) is 44.0 Å². The highest BCUT2D eigenvalue weighted by molar-refractivity contribution is 5.45. The molecule has 0 aromatic carbocycles. The first-order chi connectivity index (χ1) is 10.7. The van der Waals surface area contributed by atoms with Crippen LogP contribution in [0, 0.1) is 0 Å². The molecule has 0 atom stereocenters. The van der Waals surface area contributed by atoms with Crippen molar-refractivity contribution in [2.45, 2.75) is 31.8 Å². The normalized spacial score (nSPS) is 17.9. The summed E-state index contributed by atoms with van der Waals surface area (Å²) in [5.74, 6) is 1.03. The highest BCUT2D eigenvalue weighted by atomic mass is 15.4. The molecule has 4 rings (SSSR count). The molecule has 22 heavy (non-hydrogen) atoms. The maximum absolute atomic E-state index is 4.39. The number of fused-ring (bicyclic) bond motifs is 1. The van der Waals surface area contributed by atoms with Gasteiger partial charge in [-0.25, -0.2) is 0 Å². The van der Waals surface area contributed by atoms with Crippen molar-refractivity contribution >= 4 is 5.82 Å². The Labute approximate surface area is 129 Å². The molecule has 2 aliphatic rings. The molecule has 0 N–H and O–H groups in total. The van der Waals surface area contributed by atoms with E-state index in [9.17, 15) is 0 Å². The van der Waals surface area contributed by atoms with E-state index in [1.807, 2.05) is 17.9 Å². The monoisotopic (exact) mass is 299 g/mol. The number of nitrogens with zero attached hydrogens (tertiary/aromatic N) is 7. The number of anilines is 1. The minimum Gasteiger partial charge on any atom is -0.352 e. The van der Waals surface area contributed by atoms with E-state index in [0.29, 0.717) is 6.04 Å². The van der Waals surface area contributed by atoms with Crippen molar-refractivity contribution in [2.75, 3.05) is 25.0 Å². The molecule has 7 heteroatoms. The Morgan fingerprint density at radius 2 is 2.14 bits per heavy atom. The van der Waals surface area contributed by atoms with E-state index in [1.165, 1.54) is 17.7 Å². The second kappa shape index (κ2) is 5.31.